The predicted molar refractivity (Wildman–Crippen MR) is 192 cm³/mol. The van der Waals surface area contributed by atoms with Gasteiger partial charge in [-0.3, -0.25) is 18.7 Å². The van der Waals surface area contributed by atoms with Gasteiger partial charge < -0.3 is 14.9 Å². The topological polar surface area (TPSA) is 270 Å². The lowest BCUT2D eigenvalue weighted by atomic mass is 9.98. The van der Waals surface area contributed by atoms with Crippen LogP contribution in [0.5, 0.6) is 23.0 Å². The normalized spacial score (nSPS) is 11.9. The van der Waals surface area contributed by atoms with E-state index in [2.05, 4.69) is 18.7 Å². The Hall–Kier alpha value is -5.14. The molecule has 55 heavy (non-hydrogen) atoms. The van der Waals surface area contributed by atoms with E-state index in [-0.39, 0.29) is 54.8 Å². The van der Waals surface area contributed by atoms with Crippen molar-refractivity contribution in [2.75, 3.05) is 0 Å². The van der Waals surface area contributed by atoms with Crippen LogP contribution in [0.2, 0.25) is 0 Å². The summed E-state index contributed by atoms with van der Waals surface area (Å²) in [5.41, 5.74) is -1.02. The van der Waals surface area contributed by atoms with Crippen molar-refractivity contribution in [2.24, 2.45) is 0 Å². The molecule has 0 aromatic heterocycles. The summed E-state index contributed by atoms with van der Waals surface area (Å²) in [4.78, 5) is 26.9. The monoisotopic (exact) mass is 830 g/mol. The molecule has 0 aliphatic heterocycles. The van der Waals surface area contributed by atoms with Gasteiger partial charge in [-0.15, -0.1) is 8.67 Å². The summed E-state index contributed by atoms with van der Waals surface area (Å²) in [6.45, 7) is 0. The summed E-state index contributed by atoms with van der Waals surface area (Å²) in [6, 6.07) is 19.6. The van der Waals surface area contributed by atoms with E-state index in [0.29, 0.717) is 34.4 Å². The van der Waals surface area contributed by atoms with Crippen molar-refractivity contribution < 1.29 is 79.7 Å². The number of rotatable bonds is 14. The molecule has 0 fully saturated rings. The Balaban J connectivity index is 1.34. The van der Waals surface area contributed by atoms with Gasteiger partial charge in [-0.1, -0.05) is 22.2 Å². The van der Waals surface area contributed by atoms with Crippen LogP contribution in [0.15, 0.2) is 117 Å². The van der Waals surface area contributed by atoms with Crippen LogP contribution in [0.4, 0.5) is 0 Å². The largest absolute Gasteiger partial charge is 0.507 e. The number of phenols is 2. The van der Waals surface area contributed by atoms with Crippen LogP contribution in [-0.2, 0) is 39.0 Å². The van der Waals surface area contributed by atoms with E-state index in [1.54, 1.807) is 0 Å². The van der Waals surface area contributed by atoms with Crippen molar-refractivity contribution in [2.45, 2.75) is 19.6 Å². The minimum atomic E-state index is -4.86. The lowest BCUT2D eigenvalue weighted by Crippen LogP contribution is -2.06. The van der Waals surface area contributed by atoms with E-state index >= 15 is 0 Å². The summed E-state index contributed by atoms with van der Waals surface area (Å²) in [6.07, 6.45) is 0. The average Bonchev–Trinajstić information content (AvgIpc) is 3.15. The molecule has 0 spiro atoms. The number of fused-ring (bicyclic) bond motifs is 2. The zero-order valence-corrected chi connectivity index (χ0v) is 30.3. The molecule has 0 bridgehead atoms. The maximum atomic E-state index is 13.8. The Bertz CT molecular complexity index is 2740. The minimum absolute atomic E-state index is 0.0372. The Morgan fingerprint density at radius 3 is 1.67 bits per heavy atom. The second kappa shape index (κ2) is 15.9. The summed E-state index contributed by atoms with van der Waals surface area (Å²) in [5.74, 6) is -2.78. The number of carbonyl (C=O) groups excluding carboxylic acids is 2. The molecule has 17 nitrogen and oxygen atoms in total. The van der Waals surface area contributed by atoms with Crippen LogP contribution in [0.25, 0.3) is 21.5 Å². The van der Waals surface area contributed by atoms with Gasteiger partial charge in [0.05, 0.1) is 40.1 Å². The average molecular weight is 831 g/mol. The standard InChI is InChI=1S/C34H22O17S4/c35-29-7-1-21(15-27(29)33(37)19-10-18-12-24(54(41,42)43)4-6-25(18)31(13-19)53-51-49-40)47-22-2-8-30(36)28(16-22)34(38)20-9-17-11-23(52-50-48-39)3-5-26(17)32(14-20)55(44,45)46/h1-16,35-36,39-40H,(H,41,42,43)(H,44,45,46). The lowest BCUT2D eigenvalue weighted by Gasteiger charge is -2.13. The molecule has 0 aliphatic carbocycles. The predicted octanol–water partition coefficient (Wildman–Crippen LogP) is 7.01. The van der Waals surface area contributed by atoms with Crippen LogP contribution in [0.3, 0.4) is 0 Å². The quantitative estimate of drug-likeness (QED) is 0.0212. The number of hydrogen-bond donors (Lipinski definition) is 6. The van der Waals surface area contributed by atoms with Gasteiger partial charge >= 0.3 is 0 Å². The molecule has 6 aromatic carbocycles. The highest BCUT2D eigenvalue weighted by molar-refractivity contribution is 7.95. The van der Waals surface area contributed by atoms with E-state index in [9.17, 15) is 45.7 Å². The fourth-order valence-corrected chi connectivity index (χ4v) is 7.67. The number of aromatic hydroxyl groups is 2. The molecule has 21 heteroatoms. The van der Waals surface area contributed by atoms with Gasteiger partial charge in [-0.2, -0.15) is 16.8 Å². The van der Waals surface area contributed by atoms with Gasteiger partial charge in [0.2, 0.25) is 0 Å². The fraction of sp³-hybridized carbons (Fsp3) is 0. The Morgan fingerprint density at radius 2 is 1.11 bits per heavy atom. The Morgan fingerprint density at radius 1 is 0.564 bits per heavy atom. The third-order valence-electron chi connectivity index (χ3n) is 7.85. The molecular formula is C34H22O17S4. The second-order valence-electron chi connectivity index (χ2n) is 11.2. The van der Waals surface area contributed by atoms with Crippen molar-refractivity contribution in [1.29, 1.82) is 0 Å². The smallest absolute Gasteiger partial charge is 0.295 e. The van der Waals surface area contributed by atoms with E-state index in [1.165, 1.54) is 54.6 Å². The van der Waals surface area contributed by atoms with Crippen molar-refractivity contribution in [3.63, 3.8) is 0 Å². The van der Waals surface area contributed by atoms with Gasteiger partial charge in [-0.05, 0) is 101 Å². The van der Waals surface area contributed by atoms with Crippen molar-refractivity contribution >= 4 is 77.4 Å². The number of benzene rings is 6. The number of ether oxygens (including phenoxy) is 1. The highest BCUT2D eigenvalue weighted by atomic mass is 32.2. The summed E-state index contributed by atoms with van der Waals surface area (Å²) in [5, 5.41) is 46.4. The molecule has 284 valence electrons. The minimum Gasteiger partial charge on any atom is -0.507 e. The van der Waals surface area contributed by atoms with Crippen molar-refractivity contribution in [3.8, 4) is 23.0 Å². The molecule has 0 radical (unpaired) electrons. The van der Waals surface area contributed by atoms with Crippen LogP contribution in [0, 0.1) is 0 Å². The first-order valence-electron chi connectivity index (χ1n) is 14.9. The van der Waals surface area contributed by atoms with Crippen LogP contribution in [0.1, 0.15) is 31.8 Å². The van der Waals surface area contributed by atoms with Gasteiger partial charge in [0, 0.05) is 26.3 Å². The number of phenolic OH excluding ortho intramolecular Hbond substituents is 2. The number of ketones is 2. The first kappa shape index (κ1) is 39.6. The zero-order chi connectivity index (χ0) is 39.7. The fourth-order valence-electron chi connectivity index (χ4n) is 5.46. The third-order valence-corrected chi connectivity index (χ3v) is 10.8. The lowest BCUT2D eigenvalue weighted by molar-refractivity contribution is -0.432. The molecular weight excluding hydrogens is 809 g/mol. The first-order chi connectivity index (χ1) is 26.1. The van der Waals surface area contributed by atoms with Gasteiger partial charge in [-0.25, -0.2) is 10.5 Å². The summed E-state index contributed by atoms with van der Waals surface area (Å²) in [7, 11) is -9.49. The van der Waals surface area contributed by atoms with Crippen LogP contribution < -0.4 is 4.74 Å². The number of hydrogen-bond acceptors (Lipinski definition) is 17. The van der Waals surface area contributed by atoms with E-state index < -0.39 is 53.1 Å². The molecule has 6 rings (SSSR count). The highest BCUT2D eigenvalue weighted by Crippen LogP contribution is 2.37. The molecule has 0 heterocycles. The van der Waals surface area contributed by atoms with E-state index in [1.807, 2.05) is 0 Å². The molecule has 6 aromatic rings. The second-order valence-corrected chi connectivity index (χ2v) is 15.6. The maximum absolute atomic E-state index is 13.8. The van der Waals surface area contributed by atoms with Gasteiger partial charge in [0.25, 0.3) is 20.2 Å². The van der Waals surface area contributed by atoms with Crippen LogP contribution in [-0.4, -0.2) is 58.2 Å². The SMILES string of the molecule is O=C(c1cc(SOOO)c2ccc(S(=O)(=O)O)cc2c1)c1cc(Oc2ccc(O)c(C(=O)c3cc(S(=O)(=O)O)c4ccc(SOOO)cc4c3)c2)ccc1O. The highest BCUT2D eigenvalue weighted by Gasteiger charge is 2.23. The third kappa shape index (κ3) is 8.73. The first-order valence-corrected chi connectivity index (χ1v) is 19.3. The zero-order valence-electron chi connectivity index (χ0n) is 27.0. The van der Waals surface area contributed by atoms with Crippen LogP contribution >= 0.6 is 24.1 Å². The molecule has 6 N–H and O–H groups in total. The number of carbonyl (C=O) groups is 2. The van der Waals surface area contributed by atoms with E-state index in [0.717, 1.165) is 42.5 Å². The van der Waals surface area contributed by atoms with Crippen molar-refractivity contribution in [1.82, 2.24) is 0 Å². The molecule has 0 aliphatic rings. The van der Waals surface area contributed by atoms with Crippen molar-refractivity contribution in [3.05, 3.63) is 119 Å². The molecule has 0 atom stereocenters. The Labute approximate surface area is 317 Å². The molecule has 0 amide bonds. The molecule has 0 saturated carbocycles. The molecule has 0 unspecified atom stereocenters. The Kier molecular flexibility index (Phi) is 11.4. The summed E-state index contributed by atoms with van der Waals surface area (Å²) < 4.78 is 82.4. The van der Waals surface area contributed by atoms with Gasteiger partial charge in [0.1, 0.15) is 27.9 Å². The molecule has 0 saturated heterocycles. The maximum Gasteiger partial charge on any atom is 0.295 e. The van der Waals surface area contributed by atoms with Gasteiger partial charge in [0.15, 0.2) is 11.6 Å². The van der Waals surface area contributed by atoms with E-state index in [4.69, 9.17) is 15.3 Å². The summed E-state index contributed by atoms with van der Waals surface area (Å²) >= 11 is 1.04.